The van der Waals surface area contributed by atoms with Crippen LogP contribution in [0.1, 0.15) is 17.5 Å². The Balaban J connectivity index is 1.81. The van der Waals surface area contributed by atoms with Crippen LogP contribution >= 0.6 is 0 Å². The van der Waals surface area contributed by atoms with Gasteiger partial charge < -0.3 is 10.1 Å². The predicted molar refractivity (Wildman–Crippen MR) is 77.9 cm³/mol. The third kappa shape index (κ3) is 3.60. The molecular formula is C15H19N3O2. The van der Waals surface area contributed by atoms with Crippen LogP contribution in [0.4, 0.5) is 5.69 Å². The fourth-order valence-corrected chi connectivity index (χ4v) is 1.84. The summed E-state index contributed by atoms with van der Waals surface area (Å²) < 4.78 is 7.29. The molecule has 106 valence electrons. The molecule has 2 rings (SSSR count). The number of hydrogen-bond donors (Lipinski definition) is 1. The molecule has 0 fully saturated rings. The molecule has 0 unspecified atom stereocenters. The van der Waals surface area contributed by atoms with Gasteiger partial charge in [0.05, 0.1) is 24.9 Å². The van der Waals surface area contributed by atoms with E-state index in [4.69, 9.17) is 4.74 Å². The Morgan fingerprint density at radius 3 is 2.90 bits per heavy atom. The lowest BCUT2D eigenvalue weighted by Gasteiger charge is -2.10. The number of rotatable bonds is 5. The van der Waals surface area contributed by atoms with Crippen molar-refractivity contribution in [3.63, 3.8) is 0 Å². The summed E-state index contributed by atoms with van der Waals surface area (Å²) in [6.45, 7) is 4.41. The highest BCUT2D eigenvalue weighted by Crippen LogP contribution is 2.20. The Kier molecular flexibility index (Phi) is 4.40. The van der Waals surface area contributed by atoms with Gasteiger partial charge in [0.1, 0.15) is 5.75 Å². The van der Waals surface area contributed by atoms with Crippen molar-refractivity contribution in [3.05, 3.63) is 41.7 Å². The average Bonchev–Trinajstić information content (AvgIpc) is 2.80. The summed E-state index contributed by atoms with van der Waals surface area (Å²) in [6.07, 6.45) is 3.68. The Hall–Kier alpha value is -2.30. The Bertz CT molecular complexity index is 605. The van der Waals surface area contributed by atoms with Gasteiger partial charge in [-0.15, -0.1) is 0 Å². The van der Waals surface area contributed by atoms with Gasteiger partial charge in [0.25, 0.3) is 0 Å². The number of ether oxygens (including phenoxy) is 1. The van der Waals surface area contributed by atoms with Gasteiger partial charge in [0.2, 0.25) is 5.91 Å². The van der Waals surface area contributed by atoms with E-state index in [1.54, 1.807) is 24.1 Å². The van der Waals surface area contributed by atoms with Crippen LogP contribution < -0.4 is 10.1 Å². The zero-order valence-corrected chi connectivity index (χ0v) is 12.0. The maximum absolute atomic E-state index is 11.7. The maximum Gasteiger partial charge on any atom is 0.227 e. The number of carbonyl (C=O) groups is 1. The van der Waals surface area contributed by atoms with E-state index in [-0.39, 0.29) is 5.91 Å². The number of carbonyl (C=O) groups excluding carboxylic acids is 1. The quantitative estimate of drug-likeness (QED) is 0.910. The van der Waals surface area contributed by atoms with Gasteiger partial charge in [0.15, 0.2) is 0 Å². The minimum atomic E-state index is -0.0803. The molecule has 20 heavy (non-hydrogen) atoms. The molecular weight excluding hydrogens is 254 g/mol. The van der Waals surface area contributed by atoms with Crippen molar-refractivity contribution < 1.29 is 9.53 Å². The van der Waals surface area contributed by atoms with E-state index in [0.717, 1.165) is 11.3 Å². The molecule has 0 saturated heterocycles. The minimum Gasteiger partial charge on any atom is -0.493 e. The van der Waals surface area contributed by atoms with Crippen molar-refractivity contribution in [1.29, 1.82) is 0 Å². The molecule has 5 heteroatoms. The van der Waals surface area contributed by atoms with Crippen LogP contribution in [0.25, 0.3) is 0 Å². The van der Waals surface area contributed by atoms with Crippen LogP contribution in [-0.2, 0) is 11.8 Å². The lowest BCUT2D eigenvalue weighted by atomic mass is 10.1. The highest BCUT2D eigenvalue weighted by Gasteiger charge is 2.06. The van der Waals surface area contributed by atoms with Crippen molar-refractivity contribution in [2.75, 3.05) is 11.9 Å². The minimum absolute atomic E-state index is 0.0803. The number of benzene rings is 1. The summed E-state index contributed by atoms with van der Waals surface area (Å²) in [5.41, 5.74) is 2.99. The maximum atomic E-state index is 11.7. The van der Waals surface area contributed by atoms with E-state index in [1.165, 1.54) is 5.56 Å². The lowest BCUT2D eigenvalue weighted by molar-refractivity contribution is -0.116. The number of anilines is 1. The van der Waals surface area contributed by atoms with Gasteiger partial charge in [-0.3, -0.25) is 9.48 Å². The molecule has 0 saturated carbocycles. The van der Waals surface area contributed by atoms with Gasteiger partial charge >= 0.3 is 0 Å². The molecule has 5 nitrogen and oxygen atoms in total. The Morgan fingerprint density at radius 2 is 2.20 bits per heavy atom. The van der Waals surface area contributed by atoms with Crippen molar-refractivity contribution >= 4 is 11.6 Å². The van der Waals surface area contributed by atoms with E-state index in [2.05, 4.69) is 10.4 Å². The van der Waals surface area contributed by atoms with Gasteiger partial charge in [-0.2, -0.15) is 5.10 Å². The molecule has 0 aliphatic heterocycles. The standard InChI is InChI=1S/C15H19N3O2/c1-11-5-4-6-14(12(11)2)20-8-7-15(19)17-13-9-16-18(3)10-13/h4-6,9-10H,7-8H2,1-3H3,(H,17,19). The normalized spacial score (nSPS) is 10.3. The monoisotopic (exact) mass is 273 g/mol. The second-order valence-electron chi connectivity index (χ2n) is 4.75. The smallest absolute Gasteiger partial charge is 0.227 e. The number of aryl methyl sites for hydroxylation is 2. The van der Waals surface area contributed by atoms with Crippen molar-refractivity contribution in [2.45, 2.75) is 20.3 Å². The summed E-state index contributed by atoms with van der Waals surface area (Å²) in [5, 5.41) is 6.76. The first-order valence-electron chi connectivity index (χ1n) is 6.54. The molecule has 0 bridgehead atoms. The first-order chi connectivity index (χ1) is 9.56. The van der Waals surface area contributed by atoms with Gasteiger partial charge in [-0.1, -0.05) is 12.1 Å². The molecule has 0 atom stereocenters. The van der Waals surface area contributed by atoms with E-state index >= 15 is 0 Å². The number of aromatic nitrogens is 2. The fraction of sp³-hybridized carbons (Fsp3) is 0.333. The van der Waals surface area contributed by atoms with Crippen molar-refractivity contribution in [3.8, 4) is 5.75 Å². The van der Waals surface area contributed by atoms with Gasteiger partial charge in [-0.05, 0) is 31.0 Å². The van der Waals surface area contributed by atoms with Crippen LogP contribution in [0, 0.1) is 13.8 Å². The first kappa shape index (κ1) is 14.1. The van der Waals surface area contributed by atoms with Crippen molar-refractivity contribution in [1.82, 2.24) is 9.78 Å². The first-order valence-corrected chi connectivity index (χ1v) is 6.54. The lowest BCUT2D eigenvalue weighted by Crippen LogP contribution is -2.15. The highest BCUT2D eigenvalue weighted by atomic mass is 16.5. The van der Waals surface area contributed by atoms with Crippen LogP contribution in [0.5, 0.6) is 5.75 Å². The van der Waals surface area contributed by atoms with Crippen LogP contribution in [0.3, 0.4) is 0 Å². The van der Waals surface area contributed by atoms with E-state index in [1.807, 2.05) is 32.0 Å². The van der Waals surface area contributed by atoms with E-state index < -0.39 is 0 Å². The second kappa shape index (κ2) is 6.23. The largest absolute Gasteiger partial charge is 0.493 e. The highest BCUT2D eigenvalue weighted by molar-refractivity contribution is 5.90. The molecule has 0 spiro atoms. The number of nitrogens with zero attached hydrogens (tertiary/aromatic N) is 2. The molecule has 1 aromatic heterocycles. The number of nitrogens with one attached hydrogen (secondary N) is 1. The fourth-order valence-electron chi connectivity index (χ4n) is 1.84. The Morgan fingerprint density at radius 1 is 1.40 bits per heavy atom. The molecule has 0 aliphatic rings. The van der Waals surface area contributed by atoms with Crippen LogP contribution in [0.2, 0.25) is 0 Å². The van der Waals surface area contributed by atoms with Crippen molar-refractivity contribution in [2.24, 2.45) is 7.05 Å². The molecule has 0 aliphatic carbocycles. The molecule has 1 N–H and O–H groups in total. The van der Waals surface area contributed by atoms with Crippen LogP contribution in [0.15, 0.2) is 30.6 Å². The second-order valence-corrected chi connectivity index (χ2v) is 4.75. The van der Waals surface area contributed by atoms with Crippen LogP contribution in [-0.4, -0.2) is 22.3 Å². The molecule has 2 aromatic rings. The molecule has 1 aromatic carbocycles. The zero-order chi connectivity index (χ0) is 14.5. The van der Waals surface area contributed by atoms with Gasteiger partial charge in [-0.25, -0.2) is 0 Å². The van der Waals surface area contributed by atoms with Gasteiger partial charge in [0, 0.05) is 13.2 Å². The topological polar surface area (TPSA) is 56.1 Å². The zero-order valence-electron chi connectivity index (χ0n) is 12.0. The summed E-state index contributed by atoms with van der Waals surface area (Å²) in [7, 11) is 1.80. The molecule has 1 amide bonds. The number of amides is 1. The summed E-state index contributed by atoms with van der Waals surface area (Å²) in [5.74, 6) is 0.752. The third-order valence-electron chi connectivity index (χ3n) is 3.13. The third-order valence-corrected chi connectivity index (χ3v) is 3.13. The van der Waals surface area contributed by atoms with E-state index in [0.29, 0.717) is 18.7 Å². The summed E-state index contributed by atoms with van der Waals surface area (Å²) in [6, 6.07) is 5.91. The SMILES string of the molecule is Cc1cccc(OCCC(=O)Nc2cnn(C)c2)c1C. The van der Waals surface area contributed by atoms with E-state index in [9.17, 15) is 4.79 Å². The Labute approximate surface area is 118 Å². The molecule has 1 heterocycles. The predicted octanol–water partition coefficient (Wildman–Crippen LogP) is 2.44. The summed E-state index contributed by atoms with van der Waals surface area (Å²) in [4.78, 5) is 11.7. The molecule has 0 radical (unpaired) electrons. The number of hydrogen-bond acceptors (Lipinski definition) is 3. The average molecular weight is 273 g/mol. The summed E-state index contributed by atoms with van der Waals surface area (Å²) >= 11 is 0.